The van der Waals surface area contributed by atoms with Crippen molar-refractivity contribution in [1.29, 1.82) is 0 Å². The molecular weight excluding hydrogens is 359 g/mol. The number of rotatable bonds is 5. The fourth-order valence-electron chi connectivity index (χ4n) is 1.29. The SMILES string of the molecule is CCCCCCc1cc(Br)[se]c1Br. The molecule has 0 N–H and O–H groups in total. The molecule has 1 aromatic rings. The Morgan fingerprint density at radius 2 is 2.00 bits per heavy atom. The van der Waals surface area contributed by atoms with Crippen molar-refractivity contribution < 1.29 is 0 Å². The summed E-state index contributed by atoms with van der Waals surface area (Å²) in [4.78, 5) is 0. The number of aryl methyl sites for hydroxylation is 1. The first-order valence-corrected chi connectivity index (χ1v) is 7.97. The van der Waals surface area contributed by atoms with Gasteiger partial charge in [-0.2, -0.15) is 0 Å². The maximum absolute atomic E-state index is 3.64. The van der Waals surface area contributed by atoms with Gasteiger partial charge in [0.1, 0.15) is 0 Å². The van der Waals surface area contributed by atoms with Gasteiger partial charge in [0.05, 0.1) is 0 Å². The van der Waals surface area contributed by atoms with Crippen LogP contribution in [0.5, 0.6) is 0 Å². The van der Waals surface area contributed by atoms with E-state index in [-0.39, 0.29) is 0 Å². The summed E-state index contributed by atoms with van der Waals surface area (Å²) in [5.41, 5.74) is 1.52. The van der Waals surface area contributed by atoms with E-state index in [9.17, 15) is 0 Å². The summed E-state index contributed by atoms with van der Waals surface area (Å²) >= 11 is 7.73. The van der Waals surface area contributed by atoms with E-state index in [0.717, 1.165) is 0 Å². The Morgan fingerprint density at radius 1 is 1.23 bits per heavy atom. The van der Waals surface area contributed by atoms with Crippen LogP contribution in [0.1, 0.15) is 38.2 Å². The molecule has 0 radical (unpaired) electrons. The second-order valence-electron chi connectivity index (χ2n) is 3.16. The van der Waals surface area contributed by atoms with Crippen LogP contribution in [0.4, 0.5) is 0 Å². The summed E-state index contributed by atoms with van der Waals surface area (Å²) < 4.78 is 2.81. The zero-order valence-electron chi connectivity index (χ0n) is 7.78. The zero-order valence-corrected chi connectivity index (χ0v) is 12.7. The van der Waals surface area contributed by atoms with Crippen molar-refractivity contribution in [3.8, 4) is 0 Å². The first-order chi connectivity index (χ1) is 6.24. The first-order valence-electron chi connectivity index (χ1n) is 4.67. The van der Waals surface area contributed by atoms with Gasteiger partial charge in [0, 0.05) is 0 Å². The molecule has 0 aromatic carbocycles. The van der Waals surface area contributed by atoms with E-state index in [1.165, 1.54) is 44.4 Å². The molecule has 0 atom stereocenters. The van der Waals surface area contributed by atoms with E-state index in [0.29, 0.717) is 14.5 Å². The van der Waals surface area contributed by atoms with Gasteiger partial charge in [-0.1, -0.05) is 0 Å². The molecular formula is C10H14Br2Se. The molecule has 1 heterocycles. The zero-order chi connectivity index (χ0) is 9.68. The van der Waals surface area contributed by atoms with Crippen LogP contribution in [-0.4, -0.2) is 14.5 Å². The van der Waals surface area contributed by atoms with Crippen LogP contribution in [0.15, 0.2) is 12.8 Å². The first kappa shape index (κ1) is 12.0. The number of halogens is 2. The fraction of sp³-hybridized carbons (Fsp3) is 0.600. The van der Waals surface area contributed by atoms with E-state index in [4.69, 9.17) is 0 Å². The minimum absolute atomic E-state index is 0.528. The van der Waals surface area contributed by atoms with Crippen molar-refractivity contribution in [2.24, 2.45) is 0 Å². The predicted octanol–water partition coefficient (Wildman–Crippen LogP) is 4.39. The van der Waals surface area contributed by atoms with Crippen LogP contribution < -0.4 is 0 Å². The van der Waals surface area contributed by atoms with Gasteiger partial charge in [-0.15, -0.1) is 0 Å². The summed E-state index contributed by atoms with van der Waals surface area (Å²) in [5.74, 6) is 0. The Hall–Kier alpha value is 0.959. The number of hydrogen-bond acceptors (Lipinski definition) is 0. The second kappa shape index (κ2) is 6.44. The van der Waals surface area contributed by atoms with Crippen LogP contribution in [0.2, 0.25) is 0 Å². The monoisotopic (exact) mass is 372 g/mol. The summed E-state index contributed by atoms with van der Waals surface area (Å²) in [6, 6.07) is 2.29. The molecule has 0 aliphatic heterocycles. The normalized spacial score (nSPS) is 10.7. The third-order valence-corrected chi connectivity index (χ3v) is 6.03. The molecule has 0 amide bonds. The molecule has 0 fully saturated rings. The molecule has 0 spiro atoms. The Bertz CT molecular complexity index is 255. The fourth-order valence-corrected chi connectivity index (χ4v) is 6.15. The van der Waals surface area contributed by atoms with Crippen molar-refractivity contribution in [2.75, 3.05) is 0 Å². The Morgan fingerprint density at radius 3 is 2.54 bits per heavy atom. The van der Waals surface area contributed by atoms with Crippen LogP contribution in [0.3, 0.4) is 0 Å². The predicted molar refractivity (Wildman–Crippen MR) is 66.6 cm³/mol. The van der Waals surface area contributed by atoms with Gasteiger partial charge in [-0.3, -0.25) is 0 Å². The third kappa shape index (κ3) is 4.33. The Balaban J connectivity index is 2.32. The summed E-state index contributed by atoms with van der Waals surface area (Å²) in [6.07, 6.45) is 6.66. The standard InChI is InChI=1S/C10H14Br2Se/c1-2-3-4-5-6-8-7-9(11)13-10(8)12/h7H,2-6H2,1H3. The summed E-state index contributed by atoms with van der Waals surface area (Å²) in [7, 11) is 0. The van der Waals surface area contributed by atoms with E-state index < -0.39 is 0 Å². The number of unbranched alkanes of at least 4 members (excludes halogenated alkanes) is 3. The summed E-state index contributed by atoms with van der Waals surface area (Å²) in [5, 5.41) is 0. The van der Waals surface area contributed by atoms with Gasteiger partial charge in [-0.25, -0.2) is 0 Å². The van der Waals surface area contributed by atoms with Crippen molar-refractivity contribution in [3.63, 3.8) is 0 Å². The van der Waals surface area contributed by atoms with Crippen LogP contribution in [0.25, 0.3) is 0 Å². The maximum atomic E-state index is 3.64. The van der Waals surface area contributed by atoms with Crippen molar-refractivity contribution >= 4 is 46.4 Å². The van der Waals surface area contributed by atoms with Gasteiger partial charge in [0.2, 0.25) is 0 Å². The molecule has 0 bridgehead atoms. The van der Waals surface area contributed by atoms with Crippen molar-refractivity contribution in [2.45, 2.75) is 39.0 Å². The van der Waals surface area contributed by atoms with Gasteiger partial charge >= 0.3 is 104 Å². The number of hydrogen-bond donors (Lipinski definition) is 0. The summed E-state index contributed by atoms with van der Waals surface area (Å²) in [6.45, 7) is 2.25. The van der Waals surface area contributed by atoms with E-state index in [2.05, 4.69) is 44.8 Å². The molecule has 0 nitrogen and oxygen atoms in total. The topological polar surface area (TPSA) is 0 Å². The van der Waals surface area contributed by atoms with Crippen molar-refractivity contribution in [3.05, 3.63) is 18.3 Å². The molecule has 0 unspecified atom stereocenters. The molecule has 13 heavy (non-hydrogen) atoms. The second-order valence-corrected chi connectivity index (χ2v) is 9.38. The molecule has 74 valence electrons. The van der Waals surface area contributed by atoms with Gasteiger partial charge in [-0.05, 0) is 0 Å². The van der Waals surface area contributed by atoms with E-state index >= 15 is 0 Å². The Labute approximate surface area is 103 Å². The Kier molecular flexibility index (Phi) is 5.96. The average Bonchev–Trinajstić information content (AvgIpc) is 2.39. The molecule has 3 heteroatoms. The van der Waals surface area contributed by atoms with Gasteiger partial charge in [0.25, 0.3) is 0 Å². The molecule has 0 aliphatic carbocycles. The quantitative estimate of drug-likeness (QED) is 0.531. The van der Waals surface area contributed by atoms with Crippen molar-refractivity contribution in [1.82, 2.24) is 0 Å². The van der Waals surface area contributed by atoms with Crippen LogP contribution in [-0.2, 0) is 6.42 Å². The molecule has 0 saturated carbocycles. The van der Waals surface area contributed by atoms with Crippen LogP contribution >= 0.6 is 31.9 Å². The average molecular weight is 373 g/mol. The van der Waals surface area contributed by atoms with Gasteiger partial charge < -0.3 is 0 Å². The van der Waals surface area contributed by atoms with Gasteiger partial charge in [0.15, 0.2) is 0 Å². The minimum atomic E-state index is 0.528. The third-order valence-electron chi connectivity index (χ3n) is 2.03. The molecule has 0 saturated heterocycles. The molecule has 1 aromatic heterocycles. The molecule has 0 aliphatic rings. The molecule has 1 rings (SSSR count). The van der Waals surface area contributed by atoms with E-state index in [1.54, 1.807) is 0 Å². The van der Waals surface area contributed by atoms with E-state index in [1.807, 2.05) is 0 Å². The van der Waals surface area contributed by atoms with Crippen LogP contribution in [0, 0.1) is 0 Å².